The van der Waals surface area contributed by atoms with Gasteiger partial charge in [0.25, 0.3) is 0 Å². The number of para-hydroxylation sites is 1. The first-order valence-corrected chi connectivity index (χ1v) is 18.0. The zero-order valence-electron chi connectivity index (χ0n) is 27.9. The fourth-order valence-electron chi connectivity index (χ4n) is 8.15. The van der Waals surface area contributed by atoms with E-state index in [1.807, 2.05) is 11.8 Å². The van der Waals surface area contributed by atoms with Gasteiger partial charge < -0.3 is 4.90 Å². The van der Waals surface area contributed by atoms with Crippen molar-refractivity contribution in [2.24, 2.45) is 0 Å². The van der Waals surface area contributed by atoms with Crippen LogP contribution in [0.4, 0.5) is 17.1 Å². The van der Waals surface area contributed by atoms with Crippen molar-refractivity contribution in [2.45, 2.75) is 36.3 Å². The lowest BCUT2D eigenvalue weighted by Crippen LogP contribution is -2.24. The second-order valence-corrected chi connectivity index (χ2v) is 14.6. The highest BCUT2D eigenvalue weighted by atomic mass is 32.2. The maximum atomic E-state index is 4.68. The van der Waals surface area contributed by atoms with Crippen LogP contribution in [0.1, 0.15) is 58.7 Å². The van der Waals surface area contributed by atoms with E-state index in [9.17, 15) is 0 Å². The van der Waals surface area contributed by atoms with Crippen LogP contribution >= 0.6 is 11.8 Å². The molecule has 1 nitrogen and oxygen atoms in total. The van der Waals surface area contributed by atoms with E-state index < -0.39 is 4.75 Å². The van der Waals surface area contributed by atoms with Crippen LogP contribution in [0.3, 0.4) is 0 Å². The van der Waals surface area contributed by atoms with Crippen LogP contribution in [-0.4, -0.2) is 0 Å². The van der Waals surface area contributed by atoms with Crippen molar-refractivity contribution in [3.05, 3.63) is 203 Å². The SMILES string of the molecule is C=C1c2ccccc2SC2(c3ccccc31)c1ccccc1-c1ccc(N(c3ccccc3)c3ccc(C)c(C4=C(C)CCC=C4)c3)cc12. The van der Waals surface area contributed by atoms with Crippen molar-refractivity contribution in [1.82, 2.24) is 0 Å². The van der Waals surface area contributed by atoms with Gasteiger partial charge in [-0.3, -0.25) is 0 Å². The summed E-state index contributed by atoms with van der Waals surface area (Å²) < 4.78 is -0.455. The topological polar surface area (TPSA) is 3.24 Å². The highest BCUT2D eigenvalue weighted by Crippen LogP contribution is 2.64. The molecule has 2 heteroatoms. The first-order chi connectivity index (χ1) is 24.0. The molecule has 49 heavy (non-hydrogen) atoms. The number of fused-ring (bicyclic) bond motifs is 8. The van der Waals surface area contributed by atoms with E-state index >= 15 is 0 Å². The standard InChI is InChI=1S/C47H37NS/c1-31-15-7-8-18-37(31)42-29-35(26-25-32(42)2)48(34-16-5-4-6-17-34)36-27-28-41-40-21-10-13-23-44(40)47(45(41)30-36)43-22-12-9-19-38(43)33(3)39-20-11-14-24-46(39)49-47/h4-6,8-14,16-30H,3,7,15H2,1-2H3. The third kappa shape index (κ3) is 4.62. The Kier molecular flexibility index (Phi) is 7.11. The summed E-state index contributed by atoms with van der Waals surface area (Å²) in [5.74, 6) is 0. The minimum atomic E-state index is -0.455. The number of allylic oxidation sites excluding steroid dienone is 4. The molecule has 0 bridgehead atoms. The van der Waals surface area contributed by atoms with Crippen LogP contribution in [0.2, 0.25) is 0 Å². The lowest BCUT2D eigenvalue weighted by atomic mass is 9.82. The van der Waals surface area contributed by atoms with Crippen LogP contribution in [0.5, 0.6) is 0 Å². The predicted octanol–water partition coefficient (Wildman–Crippen LogP) is 13.0. The molecule has 0 aromatic heterocycles. The van der Waals surface area contributed by atoms with Crippen LogP contribution in [0.25, 0.3) is 22.3 Å². The monoisotopic (exact) mass is 647 g/mol. The number of thioether (sulfide) groups is 1. The molecule has 6 aromatic rings. The fourth-order valence-corrected chi connectivity index (χ4v) is 9.78. The Hall–Kier alpha value is -5.31. The summed E-state index contributed by atoms with van der Waals surface area (Å²) in [6, 6.07) is 51.6. The van der Waals surface area contributed by atoms with E-state index in [1.165, 1.54) is 66.1 Å². The Bertz CT molecular complexity index is 2360. The van der Waals surface area contributed by atoms with Crippen molar-refractivity contribution in [1.29, 1.82) is 0 Å². The largest absolute Gasteiger partial charge is 0.310 e. The van der Waals surface area contributed by atoms with Gasteiger partial charge >= 0.3 is 0 Å². The second-order valence-electron chi connectivity index (χ2n) is 13.4. The molecule has 1 atom stereocenters. The molecule has 3 aliphatic rings. The van der Waals surface area contributed by atoms with E-state index in [0.29, 0.717) is 0 Å². The van der Waals surface area contributed by atoms with Crippen molar-refractivity contribution < 1.29 is 0 Å². The molecule has 0 saturated carbocycles. The third-order valence-electron chi connectivity index (χ3n) is 10.6. The average Bonchev–Trinajstić information content (AvgIpc) is 3.36. The van der Waals surface area contributed by atoms with Gasteiger partial charge in [0.1, 0.15) is 0 Å². The number of rotatable bonds is 4. The van der Waals surface area contributed by atoms with E-state index in [-0.39, 0.29) is 0 Å². The van der Waals surface area contributed by atoms with Crippen LogP contribution in [-0.2, 0) is 4.75 Å². The molecule has 0 saturated heterocycles. The lowest BCUT2D eigenvalue weighted by Gasteiger charge is -2.34. The molecular formula is C47H37NS. The summed E-state index contributed by atoms with van der Waals surface area (Å²) in [6.45, 7) is 9.20. The van der Waals surface area contributed by atoms with Gasteiger partial charge in [0.2, 0.25) is 0 Å². The Labute approximate surface area is 294 Å². The zero-order valence-corrected chi connectivity index (χ0v) is 28.7. The van der Waals surface area contributed by atoms with E-state index in [1.54, 1.807) is 0 Å². The molecule has 1 unspecified atom stereocenters. The van der Waals surface area contributed by atoms with Crippen molar-refractivity contribution >= 4 is 40.0 Å². The quantitative estimate of drug-likeness (QED) is 0.187. The summed E-state index contributed by atoms with van der Waals surface area (Å²) in [4.78, 5) is 3.69. The summed E-state index contributed by atoms with van der Waals surface area (Å²) >= 11 is 1.96. The Morgan fingerprint density at radius 3 is 2.00 bits per heavy atom. The molecule has 0 N–H and O–H groups in total. The molecule has 0 amide bonds. The molecule has 0 radical (unpaired) electrons. The minimum Gasteiger partial charge on any atom is -0.310 e. The normalized spacial score (nSPS) is 17.3. The molecule has 1 spiro atoms. The predicted molar refractivity (Wildman–Crippen MR) is 209 cm³/mol. The zero-order chi connectivity index (χ0) is 33.1. The van der Waals surface area contributed by atoms with Gasteiger partial charge in [0, 0.05) is 22.0 Å². The maximum absolute atomic E-state index is 4.68. The Morgan fingerprint density at radius 1 is 0.571 bits per heavy atom. The molecule has 9 rings (SSSR count). The van der Waals surface area contributed by atoms with Gasteiger partial charge in [0.05, 0.1) is 4.75 Å². The Balaban J connectivity index is 1.31. The molecule has 6 aromatic carbocycles. The van der Waals surface area contributed by atoms with E-state index in [0.717, 1.165) is 35.5 Å². The third-order valence-corrected chi connectivity index (χ3v) is 12.1. The first kappa shape index (κ1) is 29.8. The lowest BCUT2D eigenvalue weighted by molar-refractivity contribution is 0.925. The number of nitrogens with zero attached hydrogens (tertiary/aromatic N) is 1. The summed E-state index contributed by atoms with van der Waals surface area (Å²) in [5, 5.41) is 0. The summed E-state index contributed by atoms with van der Waals surface area (Å²) in [5.41, 5.74) is 18.9. The van der Waals surface area contributed by atoms with Crippen LogP contribution in [0, 0.1) is 6.92 Å². The smallest absolute Gasteiger partial charge is 0.0973 e. The van der Waals surface area contributed by atoms with E-state index in [4.69, 9.17) is 0 Å². The van der Waals surface area contributed by atoms with Gasteiger partial charge in [-0.15, -0.1) is 11.8 Å². The number of hydrogen-bond donors (Lipinski definition) is 0. The molecule has 236 valence electrons. The van der Waals surface area contributed by atoms with Gasteiger partial charge in [-0.25, -0.2) is 0 Å². The van der Waals surface area contributed by atoms with Gasteiger partial charge in [-0.1, -0.05) is 121 Å². The molecular weight excluding hydrogens is 611 g/mol. The highest BCUT2D eigenvalue weighted by Gasteiger charge is 2.48. The summed E-state index contributed by atoms with van der Waals surface area (Å²) in [7, 11) is 0. The van der Waals surface area contributed by atoms with Crippen molar-refractivity contribution in [2.75, 3.05) is 4.90 Å². The van der Waals surface area contributed by atoms with Crippen molar-refractivity contribution in [3.8, 4) is 11.1 Å². The minimum absolute atomic E-state index is 0.455. The van der Waals surface area contributed by atoms with Crippen LogP contribution < -0.4 is 4.90 Å². The van der Waals surface area contributed by atoms with E-state index in [2.05, 4.69) is 177 Å². The van der Waals surface area contributed by atoms with Crippen LogP contribution in [0.15, 0.2) is 169 Å². The second kappa shape index (κ2) is 11.7. The van der Waals surface area contributed by atoms with Crippen molar-refractivity contribution in [3.63, 3.8) is 0 Å². The molecule has 0 fully saturated rings. The molecule has 2 aliphatic carbocycles. The van der Waals surface area contributed by atoms with Gasteiger partial charge in [-0.05, 0) is 130 Å². The van der Waals surface area contributed by atoms with Gasteiger partial charge in [0.15, 0.2) is 0 Å². The first-order valence-electron chi connectivity index (χ1n) is 17.2. The number of benzene rings is 6. The summed E-state index contributed by atoms with van der Waals surface area (Å²) in [6.07, 6.45) is 6.86. The Morgan fingerprint density at radius 2 is 1.20 bits per heavy atom. The average molecular weight is 648 g/mol. The molecule has 1 aliphatic heterocycles. The number of hydrogen-bond acceptors (Lipinski definition) is 2. The molecule has 1 heterocycles. The van der Waals surface area contributed by atoms with Gasteiger partial charge in [-0.2, -0.15) is 0 Å². The number of anilines is 3. The maximum Gasteiger partial charge on any atom is 0.0973 e. The fraction of sp³-hybridized carbons (Fsp3) is 0.106. The highest BCUT2D eigenvalue weighted by molar-refractivity contribution is 8.00. The number of aryl methyl sites for hydroxylation is 1.